The maximum atomic E-state index is 13.1. The number of carbonyl (C=O) groups is 4. The van der Waals surface area contributed by atoms with Gasteiger partial charge in [-0.1, -0.05) is 303 Å². The van der Waals surface area contributed by atoms with Crippen molar-refractivity contribution in [3.05, 3.63) is 24.3 Å². The fraction of sp³-hybridized carbons (Fsp3) is 0.892. The van der Waals surface area contributed by atoms with E-state index >= 15 is 0 Å². The van der Waals surface area contributed by atoms with Crippen molar-refractivity contribution in [1.29, 1.82) is 0 Å². The zero-order valence-corrected chi connectivity index (χ0v) is 61.8. The van der Waals surface area contributed by atoms with Crippen molar-refractivity contribution in [2.45, 2.75) is 374 Å². The molecular weight excluding hydrogens is 1220 g/mol. The topological polar surface area (TPSA) is 237 Å². The average molecular weight is 1360 g/mol. The highest BCUT2D eigenvalue weighted by Gasteiger charge is 2.30. The number of phosphoric ester groups is 2. The Balaban J connectivity index is 5.28. The van der Waals surface area contributed by atoms with Gasteiger partial charge in [0.2, 0.25) is 0 Å². The van der Waals surface area contributed by atoms with E-state index in [9.17, 15) is 43.2 Å². The maximum Gasteiger partial charge on any atom is 0.472 e. The molecule has 0 aromatic carbocycles. The number of unbranched alkanes of at least 4 members (excludes halogenated alkanes) is 38. The first-order valence-electron chi connectivity index (χ1n) is 37.8. The number of ether oxygens (including phenoxy) is 4. The van der Waals surface area contributed by atoms with Crippen LogP contribution in [0, 0.1) is 11.8 Å². The molecule has 2 unspecified atom stereocenters. The van der Waals surface area contributed by atoms with Crippen LogP contribution in [-0.2, 0) is 65.4 Å². The molecule has 0 amide bonds. The number of rotatable bonds is 71. The summed E-state index contributed by atoms with van der Waals surface area (Å²) < 4.78 is 68.4. The standard InChI is InChI=1S/C74H140O17P2/c1-7-9-11-13-15-17-18-19-20-23-26-33-39-45-51-57-72(77)85-63-70(90-73(78)58-52-46-40-34-27-24-21-22-25-31-36-42-48-54-66(3)4)65-89-93(82,83)87-61-68(75)60-86-92(80,81)88-64-69(62-84-71(76)56-50-44-38-30-16-14-12-10-8-2)91-74(79)59-53-47-41-35-29-28-32-37-43-49-55-67(5)6/h17-20,66-70,75H,7-16,21-65H2,1-6H3,(H,80,81)(H,82,83)/b18-17-,20-19-/t68-,69+,70+/m0/s1. The van der Waals surface area contributed by atoms with E-state index in [-0.39, 0.29) is 25.7 Å². The average Bonchev–Trinajstić information content (AvgIpc) is 1.75. The Bertz CT molecular complexity index is 1900. The summed E-state index contributed by atoms with van der Waals surface area (Å²) in [6, 6.07) is 0. The van der Waals surface area contributed by atoms with Crippen molar-refractivity contribution in [2.24, 2.45) is 11.8 Å². The molecule has 0 rings (SSSR count). The number of aliphatic hydroxyl groups is 1. The van der Waals surface area contributed by atoms with Gasteiger partial charge in [0.1, 0.15) is 19.3 Å². The van der Waals surface area contributed by atoms with E-state index in [1.54, 1.807) is 0 Å². The summed E-state index contributed by atoms with van der Waals surface area (Å²) in [5.74, 6) is -0.615. The Hall–Kier alpha value is -2.46. The van der Waals surface area contributed by atoms with Crippen LogP contribution in [-0.4, -0.2) is 96.7 Å². The van der Waals surface area contributed by atoms with Crippen molar-refractivity contribution < 1.29 is 80.2 Å². The van der Waals surface area contributed by atoms with Crippen molar-refractivity contribution in [3.8, 4) is 0 Å². The summed E-state index contributed by atoms with van der Waals surface area (Å²) in [5.41, 5.74) is 0. The summed E-state index contributed by atoms with van der Waals surface area (Å²) >= 11 is 0. The Morgan fingerprint density at radius 1 is 0.333 bits per heavy atom. The van der Waals surface area contributed by atoms with Crippen LogP contribution in [0.3, 0.4) is 0 Å². The predicted octanol–water partition coefficient (Wildman–Crippen LogP) is 21.1. The van der Waals surface area contributed by atoms with Crippen LogP contribution in [0.15, 0.2) is 24.3 Å². The second-order valence-corrected chi connectivity index (χ2v) is 29.9. The maximum absolute atomic E-state index is 13.1. The zero-order valence-electron chi connectivity index (χ0n) is 60.0. The highest BCUT2D eigenvalue weighted by Crippen LogP contribution is 2.45. The van der Waals surface area contributed by atoms with E-state index in [1.165, 1.54) is 154 Å². The van der Waals surface area contributed by atoms with Gasteiger partial charge in [-0.2, -0.15) is 0 Å². The van der Waals surface area contributed by atoms with Crippen molar-refractivity contribution in [3.63, 3.8) is 0 Å². The van der Waals surface area contributed by atoms with Crippen molar-refractivity contribution >= 4 is 39.5 Å². The number of hydrogen-bond acceptors (Lipinski definition) is 15. The third-order valence-corrected chi connectivity index (χ3v) is 18.5. The first kappa shape index (κ1) is 90.5. The minimum Gasteiger partial charge on any atom is -0.462 e. The second kappa shape index (κ2) is 65.5. The Labute approximate surface area is 567 Å². The molecule has 0 bridgehead atoms. The van der Waals surface area contributed by atoms with Gasteiger partial charge in [-0.15, -0.1) is 0 Å². The lowest BCUT2D eigenvalue weighted by molar-refractivity contribution is -0.161. The number of hydrogen-bond donors (Lipinski definition) is 3. The first-order valence-corrected chi connectivity index (χ1v) is 40.8. The van der Waals surface area contributed by atoms with Gasteiger partial charge in [0.15, 0.2) is 12.2 Å². The van der Waals surface area contributed by atoms with Gasteiger partial charge in [-0.25, -0.2) is 9.13 Å². The van der Waals surface area contributed by atoms with Crippen LogP contribution in [0.25, 0.3) is 0 Å². The van der Waals surface area contributed by atoms with Gasteiger partial charge in [-0.05, 0) is 63.2 Å². The molecular formula is C74H140O17P2. The lowest BCUT2D eigenvalue weighted by Crippen LogP contribution is -2.30. The third kappa shape index (κ3) is 67.9. The van der Waals surface area contributed by atoms with Crippen LogP contribution in [0.5, 0.6) is 0 Å². The summed E-state index contributed by atoms with van der Waals surface area (Å²) in [4.78, 5) is 72.7. The number of allylic oxidation sites excluding steroid dienone is 4. The molecule has 0 saturated carbocycles. The van der Waals surface area contributed by atoms with Crippen molar-refractivity contribution in [1.82, 2.24) is 0 Å². The highest BCUT2D eigenvalue weighted by atomic mass is 31.2. The first-order chi connectivity index (χ1) is 44.9. The monoisotopic (exact) mass is 1360 g/mol. The van der Waals surface area contributed by atoms with Gasteiger partial charge in [0, 0.05) is 25.7 Å². The Kier molecular flexibility index (Phi) is 63.7. The van der Waals surface area contributed by atoms with Crippen LogP contribution < -0.4 is 0 Å². The van der Waals surface area contributed by atoms with Gasteiger partial charge >= 0.3 is 39.5 Å². The molecule has 5 atom stereocenters. The molecule has 0 aliphatic heterocycles. The molecule has 0 fully saturated rings. The molecule has 0 aliphatic rings. The summed E-state index contributed by atoms with van der Waals surface area (Å²) in [6.45, 7) is 9.50. The highest BCUT2D eigenvalue weighted by molar-refractivity contribution is 7.47. The Morgan fingerprint density at radius 2 is 0.581 bits per heavy atom. The minimum absolute atomic E-state index is 0.100. The molecule has 93 heavy (non-hydrogen) atoms. The lowest BCUT2D eigenvalue weighted by atomic mass is 10.0. The summed E-state index contributed by atoms with van der Waals surface area (Å²) in [6.07, 6.45) is 54.9. The lowest BCUT2D eigenvalue weighted by Gasteiger charge is -2.21. The Morgan fingerprint density at radius 3 is 0.882 bits per heavy atom. The van der Waals surface area contributed by atoms with Crippen LogP contribution >= 0.6 is 15.6 Å². The van der Waals surface area contributed by atoms with E-state index in [0.29, 0.717) is 25.7 Å². The number of esters is 4. The van der Waals surface area contributed by atoms with E-state index in [1.807, 2.05) is 0 Å². The molecule has 0 heterocycles. The second-order valence-electron chi connectivity index (χ2n) is 27.0. The number of aliphatic hydroxyl groups excluding tert-OH is 1. The normalized spacial score (nSPS) is 14.2. The van der Waals surface area contributed by atoms with Crippen LogP contribution in [0.2, 0.25) is 0 Å². The third-order valence-electron chi connectivity index (χ3n) is 16.6. The van der Waals surface area contributed by atoms with E-state index in [2.05, 4.69) is 65.8 Å². The molecule has 0 spiro atoms. The molecule has 0 aromatic rings. The quantitative estimate of drug-likeness (QED) is 0.0169. The largest absolute Gasteiger partial charge is 0.472 e. The van der Waals surface area contributed by atoms with E-state index in [0.717, 1.165) is 121 Å². The summed E-state index contributed by atoms with van der Waals surface area (Å²) in [5, 5.41) is 10.6. The molecule has 548 valence electrons. The van der Waals surface area contributed by atoms with Gasteiger partial charge in [0.05, 0.1) is 26.4 Å². The van der Waals surface area contributed by atoms with Gasteiger partial charge < -0.3 is 33.8 Å². The minimum atomic E-state index is -4.96. The van der Waals surface area contributed by atoms with Crippen LogP contribution in [0.1, 0.15) is 356 Å². The number of carbonyl (C=O) groups excluding carboxylic acids is 4. The number of phosphoric acid groups is 2. The SMILES string of the molecule is CCCCCC/C=C\C=C/CCCCCCCC(=O)OC[C@H](COP(=O)(O)OC[C@@H](O)COP(=O)(O)OC[C@@H](COC(=O)CCCCCCCCCCC)OC(=O)CCCCCCCCCCCCC(C)C)OC(=O)CCCCCCCCCCCCCCCC(C)C. The van der Waals surface area contributed by atoms with Crippen molar-refractivity contribution in [2.75, 3.05) is 39.6 Å². The van der Waals surface area contributed by atoms with Crippen LogP contribution in [0.4, 0.5) is 0 Å². The van der Waals surface area contributed by atoms with E-state index < -0.39 is 97.5 Å². The smallest absolute Gasteiger partial charge is 0.462 e. The molecule has 19 heteroatoms. The van der Waals surface area contributed by atoms with Gasteiger partial charge in [0.25, 0.3) is 0 Å². The molecule has 3 N–H and O–H groups in total. The molecule has 0 aliphatic carbocycles. The molecule has 0 aromatic heterocycles. The zero-order chi connectivity index (χ0) is 68.6. The fourth-order valence-electron chi connectivity index (χ4n) is 10.8. The molecule has 0 radical (unpaired) electrons. The van der Waals surface area contributed by atoms with Gasteiger partial charge in [-0.3, -0.25) is 37.3 Å². The van der Waals surface area contributed by atoms with E-state index in [4.69, 9.17) is 37.0 Å². The molecule has 0 saturated heterocycles. The summed E-state index contributed by atoms with van der Waals surface area (Å²) in [7, 11) is -9.92. The fourth-order valence-corrected chi connectivity index (χ4v) is 12.3. The molecule has 17 nitrogen and oxygen atoms in total. The predicted molar refractivity (Wildman–Crippen MR) is 377 cm³/mol.